The van der Waals surface area contributed by atoms with Crippen molar-refractivity contribution in [2.75, 3.05) is 18.1 Å². The quantitative estimate of drug-likeness (QED) is 0.372. The summed E-state index contributed by atoms with van der Waals surface area (Å²) < 4.78 is 4.76. The molecule has 0 aromatic heterocycles. The highest BCUT2D eigenvalue weighted by molar-refractivity contribution is 7.99. The van der Waals surface area contributed by atoms with Crippen molar-refractivity contribution in [2.45, 2.75) is 0 Å². The van der Waals surface area contributed by atoms with Crippen molar-refractivity contribution in [1.29, 1.82) is 0 Å². The lowest BCUT2D eigenvalue weighted by Gasteiger charge is -1.95. The highest BCUT2D eigenvalue weighted by Gasteiger charge is 2.11. The number of esters is 1. The third-order valence-corrected chi connectivity index (χ3v) is 2.03. The molecule has 0 N–H and O–H groups in total. The summed E-state index contributed by atoms with van der Waals surface area (Å²) in [5, 5.41) is 0. The Morgan fingerprint density at radius 2 is 2.44 bits per heavy atom. The fourth-order valence-electron chi connectivity index (χ4n) is 0.550. The molecule has 0 radical (unpaired) electrons. The number of carbonyl (C=O) groups is 1. The van der Waals surface area contributed by atoms with Crippen molar-refractivity contribution in [3.63, 3.8) is 0 Å². The van der Waals surface area contributed by atoms with Gasteiger partial charge in [-0.25, -0.2) is 4.79 Å². The largest absolute Gasteiger partial charge is 0.461 e. The molecule has 3 heteroatoms. The summed E-state index contributed by atoms with van der Waals surface area (Å²) >= 11 is 1.68. The number of cyclic esters (lactones) is 1. The standard InChI is InChI=1S/C6H8O2S/c1-5-4-9-3-2-8-6(5)7/h1-4H2. The first-order valence-corrected chi connectivity index (χ1v) is 3.89. The molecule has 1 aliphatic heterocycles. The van der Waals surface area contributed by atoms with Gasteiger partial charge in [0.1, 0.15) is 6.61 Å². The van der Waals surface area contributed by atoms with Crippen molar-refractivity contribution < 1.29 is 9.53 Å². The molecule has 1 fully saturated rings. The van der Waals surface area contributed by atoms with Gasteiger partial charge in [0.2, 0.25) is 0 Å². The molecular weight excluding hydrogens is 136 g/mol. The average molecular weight is 144 g/mol. The fourth-order valence-corrected chi connectivity index (χ4v) is 1.26. The Morgan fingerprint density at radius 3 is 3.22 bits per heavy atom. The molecule has 0 unspecified atom stereocenters. The molecule has 0 saturated carbocycles. The van der Waals surface area contributed by atoms with Crippen LogP contribution < -0.4 is 0 Å². The predicted octanol–water partition coefficient (Wildman–Crippen LogP) is 0.833. The van der Waals surface area contributed by atoms with Crippen molar-refractivity contribution in [2.24, 2.45) is 0 Å². The minimum atomic E-state index is -0.236. The van der Waals surface area contributed by atoms with E-state index in [9.17, 15) is 4.79 Å². The van der Waals surface area contributed by atoms with Crippen LogP contribution in [-0.4, -0.2) is 24.1 Å². The fraction of sp³-hybridized carbons (Fsp3) is 0.500. The van der Waals surface area contributed by atoms with E-state index in [-0.39, 0.29) is 5.97 Å². The van der Waals surface area contributed by atoms with Gasteiger partial charge in [-0.2, -0.15) is 11.8 Å². The van der Waals surface area contributed by atoms with Gasteiger partial charge in [-0.3, -0.25) is 0 Å². The summed E-state index contributed by atoms with van der Waals surface area (Å²) in [6, 6.07) is 0. The first kappa shape index (κ1) is 6.68. The van der Waals surface area contributed by atoms with Gasteiger partial charge in [0.05, 0.1) is 0 Å². The lowest BCUT2D eigenvalue weighted by Crippen LogP contribution is -2.05. The van der Waals surface area contributed by atoms with Gasteiger partial charge < -0.3 is 4.74 Å². The van der Waals surface area contributed by atoms with Crippen LogP contribution in [0.15, 0.2) is 12.2 Å². The second-order valence-electron chi connectivity index (χ2n) is 1.79. The van der Waals surface area contributed by atoms with E-state index in [4.69, 9.17) is 4.74 Å². The topological polar surface area (TPSA) is 26.3 Å². The number of thioether (sulfide) groups is 1. The van der Waals surface area contributed by atoms with E-state index in [1.807, 2.05) is 0 Å². The van der Waals surface area contributed by atoms with Gasteiger partial charge in [-0.1, -0.05) is 6.58 Å². The molecule has 0 aliphatic carbocycles. The summed E-state index contributed by atoms with van der Waals surface area (Å²) in [7, 11) is 0. The first-order valence-electron chi connectivity index (χ1n) is 2.73. The maximum Gasteiger partial charge on any atom is 0.334 e. The highest BCUT2D eigenvalue weighted by Crippen LogP contribution is 2.11. The van der Waals surface area contributed by atoms with Crippen LogP contribution in [0.3, 0.4) is 0 Å². The zero-order valence-electron chi connectivity index (χ0n) is 5.05. The van der Waals surface area contributed by atoms with Crippen molar-refractivity contribution >= 4 is 17.7 Å². The molecule has 0 amide bonds. The Balaban J connectivity index is 2.51. The predicted molar refractivity (Wildman–Crippen MR) is 37.4 cm³/mol. The van der Waals surface area contributed by atoms with Crippen molar-refractivity contribution in [3.05, 3.63) is 12.2 Å². The minimum absolute atomic E-state index is 0.236. The second kappa shape index (κ2) is 2.92. The lowest BCUT2D eigenvalue weighted by atomic mass is 10.4. The minimum Gasteiger partial charge on any atom is -0.461 e. The van der Waals surface area contributed by atoms with Gasteiger partial charge in [0, 0.05) is 17.1 Å². The van der Waals surface area contributed by atoms with Gasteiger partial charge in [0.25, 0.3) is 0 Å². The normalized spacial score (nSPS) is 20.9. The summed E-state index contributed by atoms with van der Waals surface area (Å²) in [6.45, 7) is 4.09. The van der Waals surface area contributed by atoms with E-state index < -0.39 is 0 Å². The van der Waals surface area contributed by atoms with E-state index in [2.05, 4.69) is 6.58 Å². The maximum absolute atomic E-state index is 10.7. The zero-order valence-corrected chi connectivity index (χ0v) is 5.87. The van der Waals surface area contributed by atoms with E-state index in [0.29, 0.717) is 12.2 Å². The highest BCUT2D eigenvalue weighted by atomic mass is 32.2. The SMILES string of the molecule is C=C1CSCCOC1=O. The van der Waals surface area contributed by atoms with Crippen LogP contribution in [0.4, 0.5) is 0 Å². The molecule has 1 rings (SSSR count). The number of carbonyl (C=O) groups excluding carboxylic acids is 1. The van der Waals surface area contributed by atoms with Gasteiger partial charge in [-0.15, -0.1) is 0 Å². The van der Waals surface area contributed by atoms with E-state index in [1.54, 1.807) is 11.8 Å². The van der Waals surface area contributed by atoms with Gasteiger partial charge >= 0.3 is 5.97 Å². The Labute approximate surface area is 58.3 Å². The molecule has 1 heterocycles. The molecule has 50 valence electrons. The lowest BCUT2D eigenvalue weighted by molar-refractivity contribution is -0.138. The smallest absolute Gasteiger partial charge is 0.334 e. The molecular formula is C6H8O2S. The Morgan fingerprint density at radius 1 is 1.67 bits per heavy atom. The molecule has 1 saturated heterocycles. The molecule has 0 spiro atoms. The van der Waals surface area contributed by atoms with E-state index in [1.165, 1.54) is 0 Å². The van der Waals surface area contributed by atoms with E-state index in [0.717, 1.165) is 11.5 Å². The number of hydrogen-bond donors (Lipinski definition) is 0. The third-order valence-electron chi connectivity index (χ3n) is 1.03. The van der Waals surface area contributed by atoms with Gasteiger partial charge in [-0.05, 0) is 0 Å². The van der Waals surface area contributed by atoms with Crippen LogP contribution >= 0.6 is 11.8 Å². The molecule has 2 nitrogen and oxygen atoms in total. The second-order valence-corrected chi connectivity index (χ2v) is 2.90. The molecule has 0 aromatic carbocycles. The average Bonchev–Trinajstić information content (AvgIpc) is 1.99. The third kappa shape index (κ3) is 1.75. The maximum atomic E-state index is 10.7. The summed E-state index contributed by atoms with van der Waals surface area (Å²) in [4.78, 5) is 10.7. The van der Waals surface area contributed by atoms with Crippen LogP contribution in [0.5, 0.6) is 0 Å². The molecule has 9 heavy (non-hydrogen) atoms. The summed E-state index contributed by atoms with van der Waals surface area (Å²) in [5.74, 6) is 1.38. The molecule has 1 aliphatic rings. The zero-order chi connectivity index (χ0) is 6.69. The molecule has 0 atom stereocenters. The number of rotatable bonds is 0. The van der Waals surface area contributed by atoms with Crippen LogP contribution in [0, 0.1) is 0 Å². The molecule has 0 aromatic rings. The van der Waals surface area contributed by atoms with Crippen molar-refractivity contribution in [3.8, 4) is 0 Å². The van der Waals surface area contributed by atoms with Crippen molar-refractivity contribution in [1.82, 2.24) is 0 Å². The van der Waals surface area contributed by atoms with Crippen LogP contribution in [0.25, 0.3) is 0 Å². The molecule has 0 bridgehead atoms. The summed E-state index contributed by atoms with van der Waals surface area (Å²) in [6.07, 6.45) is 0. The number of hydrogen-bond acceptors (Lipinski definition) is 3. The monoisotopic (exact) mass is 144 g/mol. The Hall–Kier alpha value is -0.440. The van der Waals surface area contributed by atoms with Crippen LogP contribution in [-0.2, 0) is 9.53 Å². The van der Waals surface area contributed by atoms with Crippen LogP contribution in [0.1, 0.15) is 0 Å². The van der Waals surface area contributed by atoms with Gasteiger partial charge in [0.15, 0.2) is 0 Å². The first-order chi connectivity index (χ1) is 4.30. The van der Waals surface area contributed by atoms with E-state index >= 15 is 0 Å². The number of ether oxygens (including phenoxy) is 1. The Bertz CT molecular complexity index is 126. The van der Waals surface area contributed by atoms with Crippen LogP contribution in [0.2, 0.25) is 0 Å². The summed E-state index contributed by atoms with van der Waals surface area (Å²) in [5.41, 5.74) is 0.581. The Kier molecular flexibility index (Phi) is 2.16.